The second-order valence-electron chi connectivity index (χ2n) is 7.10. The number of likely N-dealkylation sites (N-methyl/N-ethyl adjacent to an activating group) is 1. The van der Waals surface area contributed by atoms with Crippen LogP contribution >= 0.6 is 0 Å². The van der Waals surface area contributed by atoms with Crippen LogP contribution in [-0.2, 0) is 11.3 Å². The molecule has 9 heteroatoms. The summed E-state index contributed by atoms with van der Waals surface area (Å²) in [6, 6.07) is 14.1. The van der Waals surface area contributed by atoms with E-state index in [1.54, 1.807) is 26.2 Å². The number of hydrogen-bond donors (Lipinski definition) is 2. The van der Waals surface area contributed by atoms with E-state index in [1.165, 1.54) is 17.0 Å². The maximum absolute atomic E-state index is 12.0. The van der Waals surface area contributed by atoms with Gasteiger partial charge in [0.05, 0.1) is 30.7 Å². The van der Waals surface area contributed by atoms with E-state index in [1.807, 2.05) is 24.3 Å². The molecule has 30 heavy (non-hydrogen) atoms. The van der Waals surface area contributed by atoms with Crippen molar-refractivity contribution >= 4 is 17.6 Å². The van der Waals surface area contributed by atoms with Crippen LogP contribution in [0.25, 0.3) is 0 Å². The molecule has 2 N–H and O–H groups in total. The number of nitro groups is 1. The van der Waals surface area contributed by atoms with Crippen molar-refractivity contribution in [1.82, 2.24) is 15.5 Å². The smallest absolute Gasteiger partial charge is 0.269 e. The largest absolute Gasteiger partial charge is 0.493 e. The van der Waals surface area contributed by atoms with Crippen molar-refractivity contribution in [2.75, 3.05) is 27.2 Å². The molecule has 0 saturated heterocycles. The third-order valence-corrected chi connectivity index (χ3v) is 4.74. The number of guanidine groups is 1. The first-order valence-corrected chi connectivity index (χ1v) is 9.64. The Bertz CT molecular complexity index is 927. The van der Waals surface area contributed by atoms with Gasteiger partial charge < -0.3 is 20.3 Å². The number of carbonyl (C=O) groups is 1. The van der Waals surface area contributed by atoms with E-state index < -0.39 is 4.92 Å². The molecule has 2 aromatic rings. The second kappa shape index (κ2) is 9.73. The summed E-state index contributed by atoms with van der Waals surface area (Å²) in [5.41, 5.74) is 1.90. The van der Waals surface area contributed by atoms with Crippen LogP contribution in [0.5, 0.6) is 5.75 Å². The van der Waals surface area contributed by atoms with Crippen molar-refractivity contribution in [2.45, 2.75) is 19.0 Å². The van der Waals surface area contributed by atoms with Crippen molar-refractivity contribution in [3.8, 4) is 5.75 Å². The van der Waals surface area contributed by atoms with Crippen LogP contribution in [0.2, 0.25) is 0 Å². The fraction of sp³-hybridized carbons (Fsp3) is 0.333. The Morgan fingerprint density at radius 2 is 1.97 bits per heavy atom. The number of fused-ring (bicyclic) bond motifs is 1. The summed E-state index contributed by atoms with van der Waals surface area (Å²) in [5.74, 6) is 1.25. The maximum Gasteiger partial charge on any atom is 0.269 e. The Labute approximate surface area is 174 Å². The van der Waals surface area contributed by atoms with Crippen LogP contribution in [0, 0.1) is 10.1 Å². The lowest BCUT2D eigenvalue weighted by Crippen LogP contribution is -2.45. The predicted octanol–water partition coefficient (Wildman–Crippen LogP) is 2.24. The molecule has 1 aliphatic heterocycles. The van der Waals surface area contributed by atoms with Gasteiger partial charge in [-0.2, -0.15) is 0 Å². The Balaban J connectivity index is 1.75. The minimum atomic E-state index is -0.433. The molecule has 0 saturated carbocycles. The Hall–Kier alpha value is -3.62. The molecule has 158 valence electrons. The zero-order valence-electron chi connectivity index (χ0n) is 17.0. The molecular weight excluding hydrogens is 386 g/mol. The average Bonchev–Trinajstić information content (AvgIpc) is 2.75. The number of amides is 1. The Kier molecular flexibility index (Phi) is 6.84. The molecule has 1 atom stereocenters. The molecule has 3 rings (SSSR count). The van der Waals surface area contributed by atoms with E-state index >= 15 is 0 Å². The van der Waals surface area contributed by atoms with Gasteiger partial charge in [-0.1, -0.05) is 30.3 Å². The van der Waals surface area contributed by atoms with Crippen molar-refractivity contribution in [3.05, 3.63) is 69.8 Å². The number of benzene rings is 2. The molecule has 9 nitrogen and oxygen atoms in total. The lowest BCUT2D eigenvalue weighted by molar-refractivity contribution is -0.384. The first kappa shape index (κ1) is 21.1. The number of nitro benzene ring substituents is 1. The molecule has 0 radical (unpaired) electrons. The SMILES string of the molecule is CN(C)C(=O)CNC(=NCc1ccc([N+](=O)[O-])cc1)NC1CCOc2ccccc21. The summed E-state index contributed by atoms with van der Waals surface area (Å²) in [7, 11) is 3.39. The second-order valence-corrected chi connectivity index (χ2v) is 7.10. The first-order valence-electron chi connectivity index (χ1n) is 9.64. The highest BCUT2D eigenvalue weighted by atomic mass is 16.6. The molecule has 0 spiro atoms. The monoisotopic (exact) mass is 411 g/mol. The topological polar surface area (TPSA) is 109 Å². The van der Waals surface area contributed by atoms with Crippen LogP contribution in [0.1, 0.15) is 23.6 Å². The van der Waals surface area contributed by atoms with Crippen molar-refractivity contribution < 1.29 is 14.5 Å². The summed E-state index contributed by atoms with van der Waals surface area (Å²) in [6.07, 6.45) is 0.761. The fourth-order valence-corrected chi connectivity index (χ4v) is 3.02. The van der Waals surface area contributed by atoms with Gasteiger partial charge in [-0.25, -0.2) is 4.99 Å². The van der Waals surface area contributed by atoms with Gasteiger partial charge in [0.15, 0.2) is 5.96 Å². The van der Waals surface area contributed by atoms with Gasteiger partial charge >= 0.3 is 0 Å². The van der Waals surface area contributed by atoms with E-state index in [-0.39, 0.29) is 24.2 Å². The minimum absolute atomic E-state index is 0.00693. The molecule has 0 aliphatic carbocycles. The van der Waals surface area contributed by atoms with Crippen LogP contribution < -0.4 is 15.4 Å². The zero-order chi connectivity index (χ0) is 21.5. The number of nitrogens with one attached hydrogen (secondary N) is 2. The van der Waals surface area contributed by atoms with Gasteiger partial charge in [0.25, 0.3) is 5.69 Å². The lowest BCUT2D eigenvalue weighted by Gasteiger charge is -2.28. The van der Waals surface area contributed by atoms with E-state index in [4.69, 9.17) is 4.74 Å². The molecule has 0 fully saturated rings. The third kappa shape index (κ3) is 5.47. The number of ether oxygens (including phenoxy) is 1. The molecule has 1 aliphatic rings. The number of rotatable bonds is 6. The summed E-state index contributed by atoms with van der Waals surface area (Å²) >= 11 is 0. The molecule has 2 aromatic carbocycles. The van der Waals surface area contributed by atoms with Crippen LogP contribution in [0.3, 0.4) is 0 Å². The summed E-state index contributed by atoms with van der Waals surface area (Å²) < 4.78 is 5.71. The number of aliphatic imine (C=N–C) groups is 1. The maximum atomic E-state index is 12.0. The van der Waals surface area contributed by atoms with Gasteiger partial charge in [0.1, 0.15) is 5.75 Å². The minimum Gasteiger partial charge on any atom is -0.493 e. The van der Waals surface area contributed by atoms with Crippen LogP contribution in [-0.4, -0.2) is 48.9 Å². The van der Waals surface area contributed by atoms with Crippen LogP contribution in [0.15, 0.2) is 53.5 Å². The molecule has 1 heterocycles. The molecule has 0 bridgehead atoms. The van der Waals surface area contributed by atoms with E-state index in [2.05, 4.69) is 15.6 Å². The van der Waals surface area contributed by atoms with E-state index in [0.29, 0.717) is 19.1 Å². The van der Waals surface area contributed by atoms with Gasteiger partial charge in [-0.05, 0) is 11.6 Å². The van der Waals surface area contributed by atoms with Gasteiger partial charge in [-0.15, -0.1) is 0 Å². The predicted molar refractivity (Wildman–Crippen MR) is 113 cm³/mol. The van der Waals surface area contributed by atoms with Gasteiger partial charge in [0, 0.05) is 38.2 Å². The highest BCUT2D eigenvalue weighted by Gasteiger charge is 2.22. The number of carbonyl (C=O) groups excluding carboxylic acids is 1. The normalized spacial score (nSPS) is 15.5. The summed E-state index contributed by atoms with van der Waals surface area (Å²) in [6.45, 7) is 0.999. The number of non-ortho nitro benzene ring substituents is 1. The third-order valence-electron chi connectivity index (χ3n) is 4.74. The highest BCUT2D eigenvalue weighted by molar-refractivity contribution is 5.86. The van der Waals surface area contributed by atoms with E-state index in [0.717, 1.165) is 23.3 Å². The average molecular weight is 411 g/mol. The molecule has 1 unspecified atom stereocenters. The fourth-order valence-electron chi connectivity index (χ4n) is 3.02. The number of para-hydroxylation sites is 1. The van der Waals surface area contributed by atoms with Crippen molar-refractivity contribution in [2.24, 2.45) is 4.99 Å². The van der Waals surface area contributed by atoms with Gasteiger partial charge in [0.2, 0.25) is 5.91 Å². The van der Waals surface area contributed by atoms with Crippen molar-refractivity contribution in [3.63, 3.8) is 0 Å². The quantitative estimate of drug-likeness (QED) is 0.327. The number of nitrogens with zero attached hydrogens (tertiary/aromatic N) is 3. The van der Waals surface area contributed by atoms with E-state index in [9.17, 15) is 14.9 Å². The lowest BCUT2D eigenvalue weighted by atomic mass is 10.0. The molecule has 1 amide bonds. The zero-order valence-corrected chi connectivity index (χ0v) is 17.0. The Morgan fingerprint density at radius 1 is 1.23 bits per heavy atom. The summed E-state index contributed by atoms with van der Waals surface area (Å²) in [4.78, 5) is 28.5. The Morgan fingerprint density at radius 3 is 2.67 bits per heavy atom. The van der Waals surface area contributed by atoms with Gasteiger partial charge in [-0.3, -0.25) is 14.9 Å². The highest BCUT2D eigenvalue weighted by Crippen LogP contribution is 2.31. The molecular formula is C21H25N5O4. The molecule has 0 aromatic heterocycles. The summed E-state index contributed by atoms with van der Waals surface area (Å²) in [5, 5.41) is 17.3. The first-order chi connectivity index (χ1) is 14.4. The number of hydrogen-bond acceptors (Lipinski definition) is 5. The van der Waals surface area contributed by atoms with Crippen LogP contribution in [0.4, 0.5) is 5.69 Å². The van der Waals surface area contributed by atoms with Crippen molar-refractivity contribution in [1.29, 1.82) is 0 Å². The standard InChI is InChI=1S/C21H25N5O4/c1-25(2)20(27)14-23-21(22-13-15-7-9-16(10-8-15)26(28)29)24-18-11-12-30-19-6-4-3-5-17(18)19/h3-10,18H,11-14H2,1-2H3,(H2,22,23,24).